The minimum Gasteiger partial charge on any atom is -0.329 e. The van der Waals surface area contributed by atoms with Crippen molar-refractivity contribution in [1.82, 2.24) is 29.6 Å². The lowest BCUT2D eigenvalue weighted by molar-refractivity contribution is -0.137. The van der Waals surface area contributed by atoms with E-state index in [0.717, 1.165) is 12.3 Å². The van der Waals surface area contributed by atoms with Crippen LogP contribution in [-0.4, -0.2) is 36.1 Å². The number of halogens is 3. The van der Waals surface area contributed by atoms with Crippen LogP contribution in [0.4, 0.5) is 13.2 Å². The Hall–Kier alpha value is -2.49. The Bertz CT molecular complexity index is 774. The molecule has 110 valence electrons. The maximum absolute atomic E-state index is 12.8. The zero-order valence-corrected chi connectivity index (χ0v) is 10.6. The van der Waals surface area contributed by atoms with Crippen LogP contribution < -0.4 is 5.73 Å². The van der Waals surface area contributed by atoms with Crippen LogP contribution in [0.25, 0.3) is 17.2 Å². The summed E-state index contributed by atoms with van der Waals surface area (Å²) in [6.45, 7) is 0.832. The first-order valence-corrected chi connectivity index (χ1v) is 6.01. The fraction of sp³-hybridized carbons (Fsp3) is 0.273. The van der Waals surface area contributed by atoms with Crippen molar-refractivity contribution in [1.29, 1.82) is 0 Å². The number of nitrogens with two attached hydrogens (primary N) is 1. The Balaban J connectivity index is 2.09. The van der Waals surface area contributed by atoms with Gasteiger partial charge in [-0.1, -0.05) is 5.21 Å². The molecule has 3 aromatic rings. The number of rotatable bonds is 3. The lowest BCUT2D eigenvalue weighted by Crippen LogP contribution is -2.10. The molecule has 3 heterocycles. The van der Waals surface area contributed by atoms with E-state index >= 15 is 0 Å². The monoisotopic (exact) mass is 297 g/mol. The van der Waals surface area contributed by atoms with Gasteiger partial charge in [-0.25, -0.2) is 0 Å². The van der Waals surface area contributed by atoms with Gasteiger partial charge >= 0.3 is 6.18 Å². The van der Waals surface area contributed by atoms with E-state index in [1.54, 1.807) is 6.20 Å². The fourth-order valence-corrected chi connectivity index (χ4v) is 1.88. The molecule has 0 aliphatic carbocycles. The molecule has 0 fully saturated rings. The summed E-state index contributed by atoms with van der Waals surface area (Å²) in [6, 6.07) is 2.21. The number of pyridine rings is 1. The molecule has 0 spiro atoms. The van der Waals surface area contributed by atoms with Crippen molar-refractivity contribution in [3.8, 4) is 11.5 Å². The van der Waals surface area contributed by atoms with Gasteiger partial charge in [0.1, 0.15) is 0 Å². The second-order valence-corrected chi connectivity index (χ2v) is 4.32. The normalized spacial score (nSPS) is 12.2. The summed E-state index contributed by atoms with van der Waals surface area (Å²) in [6.07, 6.45) is -1.94. The third kappa shape index (κ3) is 2.44. The zero-order valence-electron chi connectivity index (χ0n) is 10.6. The molecule has 0 amide bonds. The van der Waals surface area contributed by atoms with Crippen molar-refractivity contribution in [2.24, 2.45) is 5.73 Å². The van der Waals surface area contributed by atoms with Crippen molar-refractivity contribution in [2.75, 3.05) is 6.54 Å². The Labute approximate surface area is 116 Å². The van der Waals surface area contributed by atoms with E-state index in [2.05, 4.69) is 20.5 Å². The Morgan fingerprint density at radius 3 is 2.62 bits per heavy atom. The van der Waals surface area contributed by atoms with Crippen molar-refractivity contribution in [3.63, 3.8) is 0 Å². The van der Waals surface area contributed by atoms with Crippen LogP contribution in [0.1, 0.15) is 5.56 Å². The van der Waals surface area contributed by atoms with Gasteiger partial charge in [-0.2, -0.15) is 13.2 Å². The second-order valence-electron chi connectivity index (χ2n) is 4.32. The Morgan fingerprint density at radius 2 is 1.90 bits per heavy atom. The van der Waals surface area contributed by atoms with Crippen LogP contribution in [0.2, 0.25) is 0 Å². The first-order valence-electron chi connectivity index (χ1n) is 6.01. The van der Waals surface area contributed by atoms with Crippen molar-refractivity contribution >= 4 is 5.65 Å². The summed E-state index contributed by atoms with van der Waals surface area (Å²) >= 11 is 0. The molecule has 0 radical (unpaired) electrons. The summed E-state index contributed by atoms with van der Waals surface area (Å²) < 4.78 is 41.0. The second kappa shape index (κ2) is 4.81. The molecule has 0 bridgehead atoms. The van der Waals surface area contributed by atoms with Gasteiger partial charge in [-0.3, -0.25) is 9.08 Å². The van der Waals surface area contributed by atoms with Crippen LogP contribution in [0.3, 0.4) is 0 Å². The fourth-order valence-electron chi connectivity index (χ4n) is 1.88. The van der Waals surface area contributed by atoms with E-state index in [0.29, 0.717) is 24.4 Å². The highest BCUT2D eigenvalue weighted by Gasteiger charge is 2.31. The number of aromatic nitrogens is 6. The van der Waals surface area contributed by atoms with E-state index in [9.17, 15) is 13.2 Å². The third-order valence-electron chi connectivity index (χ3n) is 2.86. The van der Waals surface area contributed by atoms with Gasteiger partial charge in [-0.05, 0) is 12.1 Å². The van der Waals surface area contributed by atoms with E-state index in [1.807, 2.05) is 0 Å². The molecule has 0 atom stereocenters. The number of alkyl halides is 3. The molecule has 21 heavy (non-hydrogen) atoms. The van der Waals surface area contributed by atoms with Crippen LogP contribution in [0, 0.1) is 0 Å². The Kier molecular flexibility index (Phi) is 3.09. The highest BCUT2D eigenvalue weighted by molar-refractivity contribution is 5.54. The molecule has 0 saturated heterocycles. The molecular formula is C11H10F3N7. The predicted molar refractivity (Wildman–Crippen MR) is 66.1 cm³/mol. The largest absolute Gasteiger partial charge is 0.417 e. The van der Waals surface area contributed by atoms with Crippen molar-refractivity contribution in [2.45, 2.75) is 12.7 Å². The minimum atomic E-state index is -4.44. The van der Waals surface area contributed by atoms with Crippen LogP contribution in [0.5, 0.6) is 0 Å². The SMILES string of the molecule is NCCn1cc(-c2nnc3ccc(C(F)(F)F)cn23)nn1. The van der Waals surface area contributed by atoms with Crippen LogP contribution >= 0.6 is 0 Å². The molecule has 10 heteroatoms. The lowest BCUT2D eigenvalue weighted by atomic mass is 10.3. The highest BCUT2D eigenvalue weighted by Crippen LogP contribution is 2.29. The molecule has 0 saturated carbocycles. The quantitative estimate of drug-likeness (QED) is 0.778. The molecule has 0 aliphatic rings. The summed E-state index contributed by atoms with van der Waals surface area (Å²) in [5.74, 6) is 0.194. The molecular weight excluding hydrogens is 287 g/mol. The minimum absolute atomic E-state index is 0.194. The number of nitrogens with zero attached hydrogens (tertiary/aromatic N) is 6. The van der Waals surface area contributed by atoms with Crippen LogP contribution in [-0.2, 0) is 12.7 Å². The van der Waals surface area contributed by atoms with Gasteiger partial charge in [0.05, 0.1) is 18.3 Å². The third-order valence-corrected chi connectivity index (χ3v) is 2.86. The first kappa shape index (κ1) is 13.5. The maximum Gasteiger partial charge on any atom is 0.417 e. The standard InChI is InChI=1S/C11H10F3N7/c12-11(13,14)7-1-2-9-17-18-10(21(9)5-7)8-6-20(4-3-15)19-16-8/h1-2,5-6H,3-4,15H2. The van der Waals surface area contributed by atoms with Gasteiger partial charge in [0.25, 0.3) is 0 Å². The maximum atomic E-state index is 12.8. The average Bonchev–Trinajstić information content (AvgIpc) is 3.03. The van der Waals surface area contributed by atoms with Gasteiger partial charge in [0.2, 0.25) is 0 Å². The molecule has 0 aromatic carbocycles. The summed E-state index contributed by atoms with van der Waals surface area (Å²) in [5.41, 5.74) is 5.24. The molecule has 3 rings (SSSR count). The molecule has 7 nitrogen and oxygen atoms in total. The van der Waals surface area contributed by atoms with E-state index < -0.39 is 11.7 Å². The highest BCUT2D eigenvalue weighted by atomic mass is 19.4. The smallest absolute Gasteiger partial charge is 0.329 e. The van der Waals surface area contributed by atoms with Gasteiger partial charge in [0, 0.05) is 12.7 Å². The van der Waals surface area contributed by atoms with E-state index in [1.165, 1.54) is 15.1 Å². The van der Waals surface area contributed by atoms with Crippen molar-refractivity contribution in [3.05, 3.63) is 30.1 Å². The predicted octanol–water partition coefficient (Wildman–Crippen LogP) is 0.965. The van der Waals surface area contributed by atoms with Crippen LogP contribution in [0.15, 0.2) is 24.5 Å². The summed E-state index contributed by atoms with van der Waals surface area (Å²) in [4.78, 5) is 0. The number of fused-ring (bicyclic) bond motifs is 1. The van der Waals surface area contributed by atoms with Crippen molar-refractivity contribution < 1.29 is 13.2 Å². The topological polar surface area (TPSA) is 86.9 Å². The summed E-state index contributed by atoms with van der Waals surface area (Å²) in [5, 5.41) is 15.4. The molecule has 2 N–H and O–H groups in total. The Morgan fingerprint density at radius 1 is 1.10 bits per heavy atom. The van der Waals surface area contributed by atoms with E-state index in [-0.39, 0.29) is 5.82 Å². The summed E-state index contributed by atoms with van der Waals surface area (Å²) in [7, 11) is 0. The zero-order chi connectivity index (χ0) is 15.0. The molecule has 0 aliphatic heterocycles. The molecule has 3 aromatic heterocycles. The number of hydrogen-bond donors (Lipinski definition) is 1. The average molecular weight is 297 g/mol. The number of hydrogen-bond acceptors (Lipinski definition) is 5. The molecule has 0 unspecified atom stereocenters. The van der Waals surface area contributed by atoms with Gasteiger partial charge in [0.15, 0.2) is 17.2 Å². The van der Waals surface area contributed by atoms with E-state index in [4.69, 9.17) is 5.73 Å². The van der Waals surface area contributed by atoms with Gasteiger partial charge < -0.3 is 5.73 Å². The first-order chi connectivity index (χ1) is 9.99. The lowest BCUT2D eigenvalue weighted by Gasteiger charge is -2.06. The van der Waals surface area contributed by atoms with Gasteiger partial charge in [-0.15, -0.1) is 15.3 Å².